The zero-order chi connectivity index (χ0) is 13.2. The third-order valence-electron chi connectivity index (χ3n) is 3.83. The van der Waals surface area contributed by atoms with Crippen LogP contribution in [0.3, 0.4) is 0 Å². The van der Waals surface area contributed by atoms with E-state index >= 15 is 0 Å². The van der Waals surface area contributed by atoms with Crippen LogP contribution in [-0.2, 0) is 18.3 Å². The third-order valence-corrected chi connectivity index (χ3v) is 6.76. The monoisotopic (exact) mass is 274 g/mol. The molecule has 2 aliphatic rings. The van der Waals surface area contributed by atoms with Crippen LogP contribution in [-0.4, -0.2) is 31.6 Å². The molecule has 104 valence electrons. The highest BCUT2D eigenvalue weighted by Gasteiger charge is 2.59. The zero-order valence-electron chi connectivity index (χ0n) is 11.4. The molecule has 0 unspecified atom stereocenters. The van der Waals surface area contributed by atoms with Crippen molar-refractivity contribution in [3.05, 3.63) is 12.2 Å². The van der Waals surface area contributed by atoms with Crippen molar-refractivity contribution in [1.82, 2.24) is 0 Å². The molecular formula is C13H23O4P. The van der Waals surface area contributed by atoms with Gasteiger partial charge in [0.15, 0.2) is 0 Å². The first-order chi connectivity index (χ1) is 8.58. The molecule has 0 aromatic heterocycles. The minimum absolute atomic E-state index is 0.151. The van der Waals surface area contributed by atoms with Crippen molar-refractivity contribution in [2.45, 2.75) is 32.3 Å². The van der Waals surface area contributed by atoms with Crippen molar-refractivity contribution in [3.8, 4) is 0 Å². The number of fused-ring (bicyclic) bond motifs is 1. The van der Waals surface area contributed by atoms with Gasteiger partial charge in [-0.15, -0.1) is 0 Å². The quantitative estimate of drug-likeness (QED) is 0.570. The van der Waals surface area contributed by atoms with E-state index in [0.717, 1.165) is 6.42 Å². The maximum atomic E-state index is 13.2. The second-order valence-electron chi connectivity index (χ2n) is 5.12. The van der Waals surface area contributed by atoms with Gasteiger partial charge < -0.3 is 13.8 Å². The van der Waals surface area contributed by atoms with E-state index in [0.29, 0.717) is 32.3 Å². The minimum atomic E-state index is -3.13. The highest BCUT2D eigenvalue weighted by atomic mass is 31.2. The summed E-state index contributed by atoms with van der Waals surface area (Å²) in [7, 11) is -3.13. The van der Waals surface area contributed by atoms with E-state index in [-0.39, 0.29) is 5.92 Å². The van der Waals surface area contributed by atoms with Gasteiger partial charge in [-0.1, -0.05) is 19.1 Å². The Bertz CT molecular complexity index is 358. The Kier molecular flexibility index (Phi) is 4.32. The summed E-state index contributed by atoms with van der Waals surface area (Å²) in [6.07, 6.45) is 5.12. The maximum absolute atomic E-state index is 13.2. The van der Waals surface area contributed by atoms with Crippen LogP contribution < -0.4 is 0 Å². The van der Waals surface area contributed by atoms with Crippen LogP contribution in [0.2, 0.25) is 0 Å². The summed E-state index contributed by atoms with van der Waals surface area (Å²) in [6.45, 7) is 7.75. The van der Waals surface area contributed by atoms with Gasteiger partial charge >= 0.3 is 7.60 Å². The van der Waals surface area contributed by atoms with E-state index in [2.05, 4.69) is 19.1 Å². The Labute approximate surface area is 109 Å². The first-order valence-corrected chi connectivity index (χ1v) is 8.27. The Balaban J connectivity index is 2.36. The van der Waals surface area contributed by atoms with Crippen LogP contribution in [0.15, 0.2) is 12.2 Å². The number of rotatable bonds is 5. The van der Waals surface area contributed by atoms with Crippen molar-refractivity contribution >= 4 is 7.60 Å². The predicted octanol–water partition coefficient (Wildman–Crippen LogP) is 3.23. The summed E-state index contributed by atoms with van der Waals surface area (Å²) in [5.74, 6) is 0.537. The van der Waals surface area contributed by atoms with Gasteiger partial charge in [-0.25, -0.2) is 0 Å². The summed E-state index contributed by atoms with van der Waals surface area (Å²) >= 11 is 0. The normalized spacial score (nSPS) is 35.7. The fourth-order valence-corrected chi connectivity index (χ4v) is 5.64. The predicted molar refractivity (Wildman–Crippen MR) is 70.8 cm³/mol. The van der Waals surface area contributed by atoms with E-state index in [1.54, 1.807) is 0 Å². The molecule has 2 rings (SSSR count). The Hall–Kier alpha value is -0.150. The number of hydrogen-bond acceptors (Lipinski definition) is 4. The average Bonchev–Trinajstić information content (AvgIpc) is 2.74. The largest absolute Gasteiger partial charge is 0.380 e. The molecule has 0 radical (unpaired) electrons. The molecule has 1 aliphatic carbocycles. The molecule has 5 heteroatoms. The Morgan fingerprint density at radius 1 is 1.33 bits per heavy atom. The molecule has 0 bridgehead atoms. The lowest BCUT2D eigenvalue weighted by Crippen LogP contribution is -2.41. The molecule has 0 amide bonds. The fourth-order valence-electron chi connectivity index (χ4n) is 3.05. The fraction of sp³-hybridized carbons (Fsp3) is 0.846. The molecule has 0 aromatic rings. The van der Waals surface area contributed by atoms with Crippen LogP contribution in [0.4, 0.5) is 0 Å². The van der Waals surface area contributed by atoms with Gasteiger partial charge in [0.25, 0.3) is 0 Å². The number of ether oxygens (including phenoxy) is 1. The lowest BCUT2D eigenvalue weighted by molar-refractivity contribution is 0.158. The molecule has 1 saturated heterocycles. The molecule has 0 saturated carbocycles. The smallest absolute Gasteiger partial charge is 0.339 e. The summed E-state index contributed by atoms with van der Waals surface area (Å²) in [4.78, 5) is 0. The topological polar surface area (TPSA) is 44.8 Å². The van der Waals surface area contributed by atoms with Crippen LogP contribution >= 0.6 is 7.60 Å². The highest BCUT2D eigenvalue weighted by Crippen LogP contribution is 2.68. The highest BCUT2D eigenvalue weighted by molar-refractivity contribution is 7.55. The van der Waals surface area contributed by atoms with Crippen LogP contribution in [0.5, 0.6) is 0 Å². The summed E-state index contributed by atoms with van der Waals surface area (Å²) < 4.78 is 29.9. The molecule has 1 fully saturated rings. The van der Waals surface area contributed by atoms with Gasteiger partial charge in [0.2, 0.25) is 0 Å². The molecule has 0 spiro atoms. The summed E-state index contributed by atoms with van der Waals surface area (Å²) in [6, 6.07) is 0. The molecule has 18 heavy (non-hydrogen) atoms. The summed E-state index contributed by atoms with van der Waals surface area (Å²) in [5, 5.41) is -0.479. The van der Waals surface area contributed by atoms with Crippen molar-refractivity contribution in [3.63, 3.8) is 0 Å². The van der Waals surface area contributed by atoms with Gasteiger partial charge in [-0.3, -0.25) is 4.57 Å². The molecule has 1 aliphatic heterocycles. The van der Waals surface area contributed by atoms with E-state index in [1.807, 2.05) is 13.8 Å². The van der Waals surface area contributed by atoms with E-state index in [4.69, 9.17) is 13.8 Å². The van der Waals surface area contributed by atoms with Crippen LogP contribution in [0, 0.1) is 11.8 Å². The minimum Gasteiger partial charge on any atom is -0.380 e. The molecule has 3 atom stereocenters. The van der Waals surface area contributed by atoms with Crippen molar-refractivity contribution in [2.75, 3.05) is 26.4 Å². The van der Waals surface area contributed by atoms with Crippen molar-refractivity contribution in [2.24, 2.45) is 11.8 Å². The average molecular weight is 274 g/mol. The zero-order valence-corrected chi connectivity index (χ0v) is 12.3. The molecule has 0 aromatic carbocycles. The number of allylic oxidation sites excluding steroid dienone is 1. The lowest BCUT2D eigenvalue weighted by atomic mass is 9.81. The standard InChI is InChI=1S/C13H23O4P/c1-4-16-18(14,17-5-2)13-8-11(3)6-7-12(13)9-15-10-13/h6-7,11-12H,4-5,8-10H2,1-3H3/t11-,12-,13-/m1/s1. The first kappa shape index (κ1) is 14.3. The van der Waals surface area contributed by atoms with Crippen molar-refractivity contribution in [1.29, 1.82) is 0 Å². The Morgan fingerprint density at radius 3 is 2.61 bits per heavy atom. The van der Waals surface area contributed by atoms with Crippen LogP contribution in [0.25, 0.3) is 0 Å². The summed E-state index contributed by atoms with van der Waals surface area (Å²) in [5.41, 5.74) is 0. The molecular weight excluding hydrogens is 251 g/mol. The third kappa shape index (κ3) is 2.20. The van der Waals surface area contributed by atoms with Gasteiger partial charge in [-0.05, 0) is 26.2 Å². The lowest BCUT2D eigenvalue weighted by Gasteiger charge is -2.41. The first-order valence-electron chi connectivity index (χ1n) is 6.73. The van der Waals surface area contributed by atoms with Gasteiger partial charge in [0.1, 0.15) is 5.16 Å². The van der Waals surface area contributed by atoms with Gasteiger partial charge in [0, 0.05) is 5.92 Å². The van der Waals surface area contributed by atoms with Crippen LogP contribution in [0.1, 0.15) is 27.2 Å². The SMILES string of the molecule is CCOP(=O)(OCC)[C@]12COC[C@H]1C=C[C@@H](C)C2. The Morgan fingerprint density at radius 2 is 2.00 bits per heavy atom. The molecule has 0 N–H and O–H groups in total. The van der Waals surface area contributed by atoms with E-state index in [9.17, 15) is 4.57 Å². The number of hydrogen-bond donors (Lipinski definition) is 0. The van der Waals surface area contributed by atoms with E-state index in [1.165, 1.54) is 0 Å². The van der Waals surface area contributed by atoms with Gasteiger partial charge in [0.05, 0.1) is 26.4 Å². The van der Waals surface area contributed by atoms with Crippen molar-refractivity contribution < 1.29 is 18.3 Å². The second kappa shape index (κ2) is 5.46. The van der Waals surface area contributed by atoms with Gasteiger partial charge in [-0.2, -0.15) is 0 Å². The molecule has 4 nitrogen and oxygen atoms in total. The second-order valence-corrected chi connectivity index (χ2v) is 7.53. The van der Waals surface area contributed by atoms with E-state index < -0.39 is 12.8 Å². The molecule has 1 heterocycles. The maximum Gasteiger partial charge on any atom is 0.339 e.